The van der Waals surface area contributed by atoms with Gasteiger partial charge in [-0.25, -0.2) is 0 Å². The lowest BCUT2D eigenvalue weighted by Crippen LogP contribution is -2.24. The van der Waals surface area contributed by atoms with Crippen LogP contribution >= 0.6 is 0 Å². The Morgan fingerprint density at radius 3 is 1.79 bits per heavy atom. The average Bonchev–Trinajstić information content (AvgIpc) is 3.26. The van der Waals surface area contributed by atoms with Crippen molar-refractivity contribution < 1.29 is 2.74 Å². The Morgan fingerprint density at radius 1 is 0.526 bits per heavy atom. The molecule has 0 bridgehead atoms. The first-order chi connectivity index (χ1) is 28.4. The Balaban J connectivity index is 0.966. The third-order valence-corrected chi connectivity index (χ3v) is 11.7. The predicted octanol–water partition coefficient (Wildman–Crippen LogP) is 14.7. The molecule has 0 radical (unpaired) electrons. The van der Waals surface area contributed by atoms with Gasteiger partial charge >= 0.3 is 0 Å². The highest BCUT2D eigenvalue weighted by molar-refractivity contribution is 5.85. The molecule has 0 N–H and O–H groups in total. The van der Waals surface area contributed by atoms with E-state index < -0.39 is 11.8 Å². The maximum atomic E-state index is 8.72. The van der Waals surface area contributed by atoms with Crippen LogP contribution in [0.15, 0.2) is 152 Å². The summed E-state index contributed by atoms with van der Waals surface area (Å²) in [6, 6.07) is 50.4. The Labute approximate surface area is 343 Å². The van der Waals surface area contributed by atoms with Crippen molar-refractivity contribution in [2.75, 3.05) is 0 Å². The zero-order chi connectivity index (χ0) is 41.2. The first-order valence-corrected chi connectivity index (χ1v) is 20.8. The first kappa shape index (κ1) is 35.8. The van der Waals surface area contributed by atoms with Crippen LogP contribution in [0.1, 0.15) is 90.4 Å². The number of pyridine rings is 2. The largest absolute Gasteiger partial charge is 0.256 e. The zero-order valence-corrected chi connectivity index (χ0v) is 34.3. The average molecular weight is 747 g/mol. The van der Waals surface area contributed by atoms with Gasteiger partial charge in [0.25, 0.3) is 0 Å². The molecule has 1 aliphatic carbocycles. The van der Waals surface area contributed by atoms with Crippen molar-refractivity contribution >= 4 is 0 Å². The Kier molecular flexibility index (Phi) is 10.3. The number of rotatable bonds is 10. The molecule has 0 saturated heterocycles. The molecule has 0 spiro atoms. The minimum atomic E-state index is -1.46. The lowest BCUT2D eigenvalue weighted by Gasteiger charge is -2.34. The van der Waals surface area contributed by atoms with E-state index in [1.807, 2.05) is 33.0 Å². The van der Waals surface area contributed by atoms with E-state index in [0.29, 0.717) is 11.0 Å². The lowest BCUT2D eigenvalue weighted by molar-refractivity contribution is 0.319. The van der Waals surface area contributed by atoms with Crippen LogP contribution in [0.4, 0.5) is 0 Å². The van der Waals surface area contributed by atoms with Gasteiger partial charge in [-0.3, -0.25) is 9.97 Å². The molecular formula is C55H56N2. The summed E-state index contributed by atoms with van der Waals surface area (Å²) >= 11 is 0. The summed E-state index contributed by atoms with van der Waals surface area (Å²) in [7, 11) is 0. The van der Waals surface area contributed by atoms with E-state index in [4.69, 9.17) is 7.73 Å². The number of nitrogens with zero attached hydrogens (tertiary/aromatic N) is 2. The SMILES string of the molecule is [2H]C([2H])(c1ccnc(-c2ccc(CCc3cc(C)cc(-c4ccccc4-c4ccc(-c5cc(-c6ccc(C7(C)CCCCC7)cc6)ccn5)cc4)c3)cc2)c1)C(C)(C)C. The van der Waals surface area contributed by atoms with E-state index in [1.165, 1.54) is 87.7 Å². The van der Waals surface area contributed by atoms with Crippen molar-refractivity contribution in [2.24, 2.45) is 5.41 Å². The number of aromatic nitrogens is 2. The summed E-state index contributed by atoms with van der Waals surface area (Å²) in [5.41, 5.74) is 16.9. The fourth-order valence-corrected chi connectivity index (χ4v) is 8.65. The van der Waals surface area contributed by atoms with Gasteiger partial charge in [-0.15, -0.1) is 0 Å². The van der Waals surface area contributed by atoms with Crippen LogP contribution in [-0.2, 0) is 24.6 Å². The molecule has 286 valence electrons. The van der Waals surface area contributed by atoms with Crippen LogP contribution in [0.2, 0.25) is 0 Å². The monoisotopic (exact) mass is 746 g/mol. The summed E-state index contributed by atoms with van der Waals surface area (Å²) in [5.74, 6) is 0. The zero-order valence-electron chi connectivity index (χ0n) is 36.3. The molecule has 2 nitrogen and oxygen atoms in total. The van der Waals surface area contributed by atoms with Crippen molar-refractivity contribution in [3.8, 4) is 55.9 Å². The molecule has 2 heterocycles. The highest BCUT2D eigenvalue weighted by Gasteiger charge is 2.28. The number of hydrogen-bond donors (Lipinski definition) is 0. The molecule has 2 aromatic heterocycles. The molecule has 2 heteroatoms. The standard InChI is InChI=1S/C55H56N2/c1-39-33-41(14-13-40-15-17-45(18-16-40)52-36-42(27-31-56-52)38-54(2,3)4)35-48(34-39)51-12-8-7-11-50(51)44-19-21-46(22-20-44)53-37-47(28-32-57-53)43-23-25-49(26-24-43)55(5)29-9-6-10-30-55/h7-8,11-12,15-28,31-37H,6,9-10,13-14,29-30,38H2,1-5H3/i38D2. The second-order valence-electron chi connectivity index (χ2n) is 17.5. The van der Waals surface area contributed by atoms with E-state index in [2.05, 4.69) is 146 Å². The topological polar surface area (TPSA) is 25.8 Å². The second kappa shape index (κ2) is 16.5. The van der Waals surface area contributed by atoms with E-state index in [-0.39, 0.29) is 0 Å². The van der Waals surface area contributed by atoms with Crippen molar-refractivity contribution in [2.45, 2.75) is 91.4 Å². The number of aryl methyl sites for hydroxylation is 3. The van der Waals surface area contributed by atoms with E-state index in [9.17, 15) is 0 Å². The summed E-state index contributed by atoms with van der Waals surface area (Å²) in [4.78, 5) is 9.37. The molecule has 0 amide bonds. The quantitative estimate of drug-likeness (QED) is 0.139. The maximum Gasteiger partial charge on any atom is 0.0708 e. The minimum Gasteiger partial charge on any atom is -0.256 e. The summed E-state index contributed by atoms with van der Waals surface area (Å²) in [6.07, 6.45) is 10.6. The molecule has 57 heavy (non-hydrogen) atoms. The lowest BCUT2D eigenvalue weighted by atomic mass is 9.71. The number of hydrogen-bond acceptors (Lipinski definition) is 2. The molecule has 1 saturated carbocycles. The van der Waals surface area contributed by atoms with E-state index in [0.717, 1.165) is 35.4 Å². The maximum absolute atomic E-state index is 8.72. The number of benzene rings is 5. The van der Waals surface area contributed by atoms with E-state index in [1.54, 1.807) is 12.3 Å². The first-order valence-electron chi connectivity index (χ1n) is 21.8. The van der Waals surface area contributed by atoms with Gasteiger partial charge in [0.15, 0.2) is 0 Å². The molecule has 1 aliphatic rings. The van der Waals surface area contributed by atoms with Gasteiger partial charge in [0.2, 0.25) is 0 Å². The van der Waals surface area contributed by atoms with Gasteiger partial charge in [0.1, 0.15) is 0 Å². The fourth-order valence-electron chi connectivity index (χ4n) is 8.65. The third-order valence-electron chi connectivity index (χ3n) is 11.7. The van der Waals surface area contributed by atoms with Crippen LogP contribution in [0.3, 0.4) is 0 Å². The molecule has 1 fully saturated rings. The third kappa shape index (κ3) is 9.18. The molecule has 0 atom stereocenters. The Morgan fingerprint density at radius 2 is 1.11 bits per heavy atom. The van der Waals surface area contributed by atoms with Crippen molar-refractivity contribution in [1.29, 1.82) is 0 Å². The Bertz CT molecular complexity index is 2540. The van der Waals surface area contributed by atoms with Crippen molar-refractivity contribution in [3.05, 3.63) is 180 Å². The normalized spacial score (nSPS) is 14.8. The summed E-state index contributed by atoms with van der Waals surface area (Å²) in [6.45, 7) is 10.4. The smallest absolute Gasteiger partial charge is 0.0708 e. The van der Waals surface area contributed by atoms with Gasteiger partial charge < -0.3 is 0 Å². The van der Waals surface area contributed by atoms with Gasteiger partial charge in [-0.1, -0.05) is 168 Å². The van der Waals surface area contributed by atoms with Crippen LogP contribution in [0.25, 0.3) is 55.9 Å². The molecule has 0 aliphatic heterocycles. The highest BCUT2D eigenvalue weighted by atomic mass is 14.7. The summed E-state index contributed by atoms with van der Waals surface area (Å²) in [5, 5.41) is 0. The minimum absolute atomic E-state index is 0.305. The van der Waals surface area contributed by atoms with E-state index >= 15 is 0 Å². The van der Waals surface area contributed by atoms with Gasteiger partial charge in [-0.05, 0) is 130 Å². The summed E-state index contributed by atoms with van der Waals surface area (Å²) < 4.78 is 17.4. The Hall–Kier alpha value is -5.60. The van der Waals surface area contributed by atoms with Gasteiger partial charge in [0.05, 0.1) is 11.4 Å². The van der Waals surface area contributed by atoms with Crippen molar-refractivity contribution in [1.82, 2.24) is 9.97 Å². The molecule has 5 aromatic carbocycles. The highest BCUT2D eigenvalue weighted by Crippen LogP contribution is 2.40. The molecular weight excluding hydrogens is 689 g/mol. The van der Waals surface area contributed by atoms with Gasteiger partial charge in [-0.2, -0.15) is 0 Å². The molecule has 8 rings (SSSR count). The fraction of sp³-hybridized carbons (Fsp3) is 0.273. The van der Waals surface area contributed by atoms with Crippen LogP contribution < -0.4 is 0 Å². The second-order valence-corrected chi connectivity index (χ2v) is 17.5. The molecule has 0 unspecified atom stereocenters. The van der Waals surface area contributed by atoms with Crippen LogP contribution in [0, 0.1) is 12.3 Å². The van der Waals surface area contributed by atoms with Crippen LogP contribution in [0.5, 0.6) is 0 Å². The van der Waals surface area contributed by atoms with Gasteiger partial charge in [0, 0.05) is 26.3 Å². The van der Waals surface area contributed by atoms with Crippen LogP contribution in [-0.4, -0.2) is 9.97 Å². The predicted molar refractivity (Wildman–Crippen MR) is 241 cm³/mol. The van der Waals surface area contributed by atoms with Crippen molar-refractivity contribution in [3.63, 3.8) is 0 Å². The molecule has 7 aromatic rings.